The Balaban J connectivity index is 2.00. The lowest BCUT2D eigenvalue weighted by Gasteiger charge is -2.29. The normalized spacial score (nSPS) is 17.9. The molecule has 4 nitrogen and oxygen atoms in total. The highest BCUT2D eigenvalue weighted by molar-refractivity contribution is 5.35. The summed E-state index contributed by atoms with van der Waals surface area (Å²) in [6.45, 7) is 10.6. The Kier molecular flexibility index (Phi) is 4.53. The molecule has 0 saturated carbocycles. The molecule has 1 aromatic rings. The second-order valence-corrected chi connectivity index (χ2v) is 5.30. The summed E-state index contributed by atoms with van der Waals surface area (Å²) in [7, 11) is 0. The molecule has 0 radical (unpaired) electrons. The van der Waals surface area contributed by atoms with Crippen molar-refractivity contribution in [1.82, 2.24) is 14.9 Å². The van der Waals surface area contributed by atoms with Gasteiger partial charge in [-0.2, -0.15) is 0 Å². The van der Waals surface area contributed by atoms with Crippen LogP contribution in [0.3, 0.4) is 0 Å². The van der Waals surface area contributed by atoms with Crippen LogP contribution in [0.25, 0.3) is 0 Å². The molecule has 100 valence electrons. The summed E-state index contributed by atoms with van der Waals surface area (Å²) >= 11 is 0. The minimum atomic E-state index is 0.872. The number of hydrogen-bond donors (Lipinski definition) is 1. The van der Waals surface area contributed by atoms with Crippen molar-refractivity contribution in [2.45, 2.75) is 40.2 Å². The van der Waals surface area contributed by atoms with Gasteiger partial charge in [-0.3, -0.25) is 4.90 Å². The number of aryl methyl sites for hydroxylation is 1. The summed E-state index contributed by atoms with van der Waals surface area (Å²) < 4.78 is 0. The first-order valence-corrected chi connectivity index (χ1v) is 6.98. The van der Waals surface area contributed by atoms with Crippen LogP contribution in [0, 0.1) is 12.8 Å². The Morgan fingerprint density at radius 3 is 2.72 bits per heavy atom. The van der Waals surface area contributed by atoms with E-state index in [9.17, 15) is 0 Å². The van der Waals surface area contributed by atoms with Gasteiger partial charge < -0.3 is 5.32 Å². The van der Waals surface area contributed by atoms with Crippen molar-refractivity contribution in [1.29, 1.82) is 0 Å². The average molecular weight is 248 g/mol. The van der Waals surface area contributed by atoms with Gasteiger partial charge in [-0.25, -0.2) is 9.97 Å². The van der Waals surface area contributed by atoms with Gasteiger partial charge >= 0.3 is 0 Å². The molecule has 1 aliphatic rings. The molecule has 0 amide bonds. The zero-order valence-corrected chi connectivity index (χ0v) is 11.7. The van der Waals surface area contributed by atoms with Crippen molar-refractivity contribution in [2.75, 3.05) is 25.0 Å². The number of nitrogens with zero attached hydrogens (tertiary/aromatic N) is 3. The fraction of sp³-hybridized carbons (Fsp3) is 0.714. The average Bonchev–Trinajstić information content (AvgIpc) is 2.32. The standard InChI is InChI=1S/C14H24N4/c1-4-15-13-9-12(3)16-14(17-13)10-18-7-5-11(2)6-8-18/h9,11H,4-8,10H2,1-3H3,(H,15,16,17). The van der Waals surface area contributed by atoms with Crippen LogP contribution < -0.4 is 5.32 Å². The molecule has 0 atom stereocenters. The molecule has 0 spiro atoms. The van der Waals surface area contributed by atoms with E-state index in [1.165, 1.54) is 25.9 Å². The minimum Gasteiger partial charge on any atom is -0.370 e. The van der Waals surface area contributed by atoms with Gasteiger partial charge in [0, 0.05) is 18.3 Å². The molecule has 0 aromatic carbocycles. The third-order valence-electron chi connectivity index (χ3n) is 3.50. The zero-order chi connectivity index (χ0) is 13.0. The molecule has 2 rings (SSSR count). The molecule has 1 aromatic heterocycles. The maximum absolute atomic E-state index is 4.57. The number of piperidine rings is 1. The van der Waals surface area contributed by atoms with E-state index in [-0.39, 0.29) is 0 Å². The Hall–Kier alpha value is -1.16. The van der Waals surface area contributed by atoms with Crippen LogP contribution in [-0.2, 0) is 6.54 Å². The lowest BCUT2D eigenvalue weighted by molar-refractivity contribution is 0.181. The highest BCUT2D eigenvalue weighted by Crippen LogP contribution is 2.17. The van der Waals surface area contributed by atoms with Gasteiger partial charge in [-0.05, 0) is 45.7 Å². The number of aromatic nitrogens is 2. The Bertz CT molecular complexity index is 383. The largest absolute Gasteiger partial charge is 0.370 e. The fourth-order valence-electron chi connectivity index (χ4n) is 2.39. The summed E-state index contributed by atoms with van der Waals surface area (Å²) in [5.74, 6) is 2.77. The van der Waals surface area contributed by atoms with E-state index in [0.717, 1.165) is 36.3 Å². The quantitative estimate of drug-likeness (QED) is 0.888. The van der Waals surface area contributed by atoms with Crippen molar-refractivity contribution in [3.63, 3.8) is 0 Å². The maximum Gasteiger partial charge on any atom is 0.144 e. The van der Waals surface area contributed by atoms with E-state index in [1.54, 1.807) is 0 Å². The van der Waals surface area contributed by atoms with Crippen molar-refractivity contribution in [3.05, 3.63) is 17.6 Å². The molecule has 4 heteroatoms. The number of hydrogen-bond acceptors (Lipinski definition) is 4. The molecule has 2 heterocycles. The predicted molar refractivity (Wildman–Crippen MR) is 74.6 cm³/mol. The summed E-state index contributed by atoms with van der Waals surface area (Å²) in [5.41, 5.74) is 1.04. The topological polar surface area (TPSA) is 41.1 Å². The Labute approximate surface area is 110 Å². The van der Waals surface area contributed by atoms with Crippen LogP contribution in [-0.4, -0.2) is 34.5 Å². The molecule has 1 saturated heterocycles. The van der Waals surface area contributed by atoms with Gasteiger partial charge in [0.05, 0.1) is 6.54 Å². The van der Waals surface area contributed by atoms with Crippen LogP contribution in [0.1, 0.15) is 38.2 Å². The summed E-state index contributed by atoms with van der Waals surface area (Å²) in [6.07, 6.45) is 2.60. The Morgan fingerprint density at radius 2 is 2.06 bits per heavy atom. The van der Waals surface area contributed by atoms with Crippen LogP contribution >= 0.6 is 0 Å². The SMILES string of the molecule is CCNc1cc(C)nc(CN2CCC(C)CC2)n1. The number of anilines is 1. The molecular weight excluding hydrogens is 224 g/mol. The molecule has 0 bridgehead atoms. The van der Waals surface area contributed by atoms with Crippen LogP contribution in [0.15, 0.2) is 6.07 Å². The van der Waals surface area contributed by atoms with Gasteiger partial charge in [0.1, 0.15) is 11.6 Å². The van der Waals surface area contributed by atoms with Crippen molar-refractivity contribution in [2.24, 2.45) is 5.92 Å². The lowest BCUT2D eigenvalue weighted by atomic mass is 9.99. The van der Waals surface area contributed by atoms with E-state index in [2.05, 4.69) is 34.0 Å². The number of likely N-dealkylation sites (tertiary alicyclic amines) is 1. The number of rotatable bonds is 4. The third kappa shape index (κ3) is 3.67. The van der Waals surface area contributed by atoms with E-state index >= 15 is 0 Å². The van der Waals surface area contributed by atoms with Crippen molar-refractivity contribution >= 4 is 5.82 Å². The van der Waals surface area contributed by atoms with Gasteiger partial charge in [-0.15, -0.1) is 0 Å². The molecule has 0 unspecified atom stereocenters. The summed E-state index contributed by atoms with van der Waals surface area (Å²) in [6, 6.07) is 2.01. The lowest BCUT2D eigenvalue weighted by Crippen LogP contribution is -2.33. The molecule has 1 aliphatic heterocycles. The zero-order valence-electron chi connectivity index (χ0n) is 11.7. The predicted octanol–water partition coefficient (Wildman–Crippen LogP) is 2.45. The van der Waals surface area contributed by atoms with Crippen molar-refractivity contribution in [3.8, 4) is 0 Å². The molecule has 18 heavy (non-hydrogen) atoms. The second-order valence-electron chi connectivity index (χ2n) is 5.30. The highest BCUT2D eigenvalue weighted by atomic mass is 15.2. The third-order valence-corrected chi connectivity index (χ3v) is 3.50. The minimum absolute atomic E-state index is 0.872. The molecular formula is C14H24N4. The van der Waals surface area contributed by atoms with Gasteiger partial charge in [0.2, 0.25) is 0 Å². The van der Waals surface area contributed by atoms with Gasteiger partial charge in [0.25, 0.3) is 0 Å². The monoisotopic (exact) mass is 248 g/mol. The molecule has 1 fully saturated rings. The van der Waals surface area contributed by atoms with E-state index in [0.29, 0.717) is 0 Å². The fourth-order valence-corrected chi connectivity index (χ4v) is 2.39. The second kappa shape index (κ2) is 6.14. The first kappa shape index (κ1) is 13.3. The van der Waals surface area contributed by atoms with E-state index < -0.39 is 0 Å². The first-order valence-electron chi connectivity index (χ1n) is 6.98. The summed E-state index contributed by atoms with van der Waals surface area (Å²) in [5, 5.41) is 3.26. The first-order chi connectivity index (χ1) is 8.67. The van der Waals surface area contributed by atoms with Crippen LogP contribution in [0.4, 0.5) is 5.82 Å². The van der Waals surface area contributed by atoms with E-state index in [4.69, 9.17) is 0 Å². The van der Waals surface area contributed by atoms with E-state index in [1.807, 2.05) is 13.0 Å². The smallest absolute Gasteiger partial charge is 0.144 e. The van der Waals surface area contributed by atoms with Crippen LogP contribution in [0.5, 0.6) is 0 Å². The summed E-state index contributed by atoms with van der Waals surface area (Å²) in [4.78, 5) is 11.6. The van der Waals surface area contributed by atoms with Gasteiger partial charge in [0.15, 0.2) is 0 Å². The Morgan fingerprint density at radius 1 is 1.33 bits per heavy atom. The molecule has 0 aliphatic carbocycles. The highest BCUT2D eigenvalue weighted by Gasteiger charge is 2.16. The van der Waals surface area contributed by atoms with Crippen molar-refractivity contribution < 1.29 is 0 Å². The number of nitrogens with one attached hydrogen (secondary N) is 1. The maximum atomic E-state index is 4.57. The molecule has 1 N–H and O–H groups in total. The van der Waals surface area contributed by atoms with Crippen LogP contribution in [0.2, 0.25) is 0 Å². The van der Waals surface area contributed by atoms with Gasteiger partial charge in [-0.1, -0.05) is 6.92 Å².